The quantitative estimate of drug-likeness (QED) is 0.798. The highest BCUT2D eigenvalue weighted by molar-refractivity contribution is 9.10. The molecule has 3 aromatic rings. The first-order chi connectivity index (χ1) is 9.63. The summed E-state index contributed by atoms with van der Waals surface area (Å²) in [5.74, 6) is 1.63. The van der Waals surface area contributed by atoms with Crippen molar-refractivity contribution in [2.45, 2.75) is 13.5 Å². The van der Waals surface area contributed by atoms with E-state index < -0.39 is 0 Å². The van der Waals surface area contributed by atoms with E-state index in [2.05, 4.69) is 20.9 Å². The number of hydrogen-bond donors (Lipinski definition) is 1. The smallest absolute Gasteiger partial charge is 0.152 e. The third-order valence-electron chi connectivity index (χ3n) is 3.08. The maximum absolute atomic E-state index is 5.82. The molecule has 0 amide bonds. The zero-order valence-corrected chi connectivity index (χ0v) is 12.6. The van der Waals surface area contributed by atoms with Gasteiger partial charge < -0.3 is 10.5 Å². The molecule has 0 unspecified atom stereocenters. The first-order valence-electron chi connectivity index (χ1n) is 6.25. The van der Waals surface area contributed by atoms with Crippen LogP contribution in [0.4, 0.5) is 5.69 Å². The Labute approximate surface area is 125 Å². The minimum atomic E-state index is 0.388. The monoisotopic (exact) mass is 331 g/mol. The molecule has 1 aromatic carbocycles. The number of nitrogen functional groups attached to an aromatic ring is 1. The molecule has 20 heavy (non-hydrogen) atoms. The molecule has 0 bridgehead atoms. The third kappa shape index (κ3) is 2.49. The number of rotatable bonds is 3. The second kappa shape index (κ2) is 5.17. The summed E-state index contributed by atoms with van der Waals surface area (Å²) < 4.78 is 8.49. The van der Waals surface area contributed by atoms with Crippen molar-refractivity contribution in [2.24, 2.45) is 0 Å². The lowest BCUT2D eigenvalue weighted by atomic mass is 10.2. The number of anilines is 1. The van der Waals surface area contributed by atoms with Gasteiger partial charge in [0.2, 0.25) is 0 Å². The van der Waals surface area contributed by atoms with Gasteiger partial charge in [-0.15, -0.1) is 0 Å². The lowest BCUT2D eigenvalue weighted by Gasteiger charge is -2.06. The number of nitrogens with zero attached hydrogens (tertiary/aromatic N) is 2. The molecule has 5 heteroatoms. The van der Waals surface area contributed by atoms with Gasteiger partial charge in [0, 0.05) is 11.9 Å². The molecule has 3 rings (SSSR count). The fourth-order valence-corrected chi connectivity index (χ4v) is 2.54. The maximum atomic E-state index is 5.82. The summed E-state index contributed by atoms with van der Waals surface area (Å²) in [7, 11) is 0. The van der Waals surface area contributed by atoms with Crippen LogP contribution in [-0.4, -0.2) is 9.38 Å². The van der Waals surface area contributed by atoms with E-state index in [1.54, 1.807) is 0 Å². The van der Waals surface area contributed by atoms with Gasteiger partial charge in [0.25, 0.3) is 0 Å². The lowest BCUT2D eigenvalue weighted by molar-refractivity contribution is 0.295. The molecule has 0 aliphatic heterocycles. The Morgan fingerprint density at radius 1 is 1.20 bits per heavy atom. The number of ether oxygens (including phenoxy) is 1. The van der Waals surface area contributed by atoms with Crippen LogP contribution in [0.5, 0.6) is 5.75 Å². The summed E-state index contributed by atoms with van der Waals surface area (Å²) >= 11 is 3.45. The molecule has 2 N–H and O–H groups in total. The highest BCUT2D eigenvalue weighted by Gasteiger charge is 2.09. The van der Waals surface area contributed by atoms with E-state index in [-0.39, 0.29) is 0 Å². The number of hydrogen-bond acceptors (Lipinski definition) is 3. The zero-order chi connectivity index (χ0) is 14.1. The Kier molecular flexibility index (Phi) is 3.36. The number of aryl methyl sites for hydroxylation is 1. The molecule has 0 saturated heterocycles. The molecular weight excluding hydrogens is 318 g/mol. The summed E-state index contributed by atoms with van der Waals surface area (Å²) in [6.07, 6.45) is 1.85. The predicted octanol–water partition coefficient (Wildman–Crippen LogP) is 3.57. The van der Waals surface area contributed by atoms with Crippen LogP contribution in [0.3, 0.4) is 0 Å². The Morgan fingerprint density at radius 2 is 1.95 bits per heavy atom. The van der Waals surface area contributed by atoms with Gasteiger partial charge in [-0.3, -0.25) is 4.40 Å². The van der Waals surface area contributed by atoms with Gasteiger partial charge in [-0.25, -0.2) is 4.98 Å². The van der Waals surface area contributed by atoms with Crippen LogP contribution in [0.15, 0.2) is 47.2 Å². The van der Waals surface area contributed by atoms with Crippen LogP contribution in [-0.2, 0) is 6.61 Å². The van der Waals surface area contributed by atoms with E-state index in [0.29, 0.717) is 12.3 Å². The molecular formula is C15H14BrN3O. The number of nitrogens with two attached hydrogens (primary N) is 1. The predicted molar refractivity (Wildman–Crippen MR) is 82.8 cm³/mol. The van der Waals surface area contributed by atoms with E-state index in [1.807, 2.05) is 53.9 Å². The summed E-state index contributed by atoms with van der Waals surface area (Å²) in [6, 6.07) is 11.7. The SMILES string of the molecule is Cc1ccc(OCc2nc(Br)c3ccc(N)cn23)cc1. The maximum Gasteiger partial charge on any atom is 0.152 e. The molecule has 0 aliphatic rings. The first-order valence-corrected chi connectivity index (χ1v) is 7.04. The second-order valence-corrected chi connectivity index (χ2v) is 5.39. The topological polar surface area (TPSA) is 52.5 Å². The highest BCUT2D eigenvalue weighted by atomic mass is 79.9. The number of pyridine rings is 1. The third-order valence-corrected chi connectivity index (χ3v) is 3.66. The fraction of sp³-hybridized carbons (Fsp3) is 0.133. The van der Waals surface area contributed by atoms with Crippen LogP contribution < -0.4 is 10.5 Å². The molecule has 2 aromatic heterocycles. The van der Waals surface area contributed by atoms with Crippen molar-refractivity contribution >= 4 is 27.1 Å². The summed E-state index contributed by atoms with van der Waals surface area (Å²) in [5, 5.41) is 0. The second-order valence-electron chi connectivity index (χ2n) is 4.64. The Hall–Kier alpha value is -2.01. The number of aromatic nitrogens is 2. The average molecular weight is 332 g/mol. The zero-order valence-electron chi connectivity index (χ0n) is 11.0. The van der Waals surface area contributed by atoms with Crippen molar-refractivity contribution in [1.29, 1.82) is 0 Å². The van der Waals surface area contributed by atoms with Crippen LogP contribution in [0.2, 0.25) is 0 Å². The number of halogens is 1. The Balaban J connectivity index is 1.87. The van der Waals surface area contributed by atoms with Gasteiger partial charge in [-0.05, 0) is 47.1 Å². The lowest BCUT2D eigenvalue weighted by Crippen LogP contribution is -2.02. The van der Waals surface area contributed by atoms with Gasteiger partial charge in [0.15, 0.2) is 5.82 Å². The van der Waals surface area contributed by atoms with Gasteiger partial charge in [0.1, 0.15) is 17.0 Å². The molecule has 0 saturated carbocycles. The van der Waals surface area contributed by atoms with Gasteiger partial charge >= 0.3 is 0 Å². The Bertz CT molecular complexity index is 750. The normalized spacial score (nSPS) is 10.9. The van der Waals surface area contributed by atoms with Crippen molar-refractivity contribution in [2.75, 3.05) is 5.73 Å². The molecule has 2 heterocycles. The molecule has 0 aliphatic carbocycles. The van der Waals surface area contributed by atoms with Crippen LogP contribution in [0.25, 0.3) is 5.52 Å². The first kappa shape index (κ1) is 13.0. The molecule has 0 fully saturated rings. The van der Waals surface area contributed by atoms with E-state index in [0.717, 1.165) is 21.7 Å². The van der Waals surface area contributed by atoms with E-state index in [1.165, 1.54) is 5.56 Å². The molecule has 0 spiro atoms. The number of fused-ring (bicyclic) bond motifs is 1. The van der Waals surface area contributed by atoms with Crippen LogP contribution in [0, 0.1) is 6.92 Å². The molecule has 102 valence electrons. The van der Waals surface area contributed by atoms with Crippen molar-refractivity contribution in [3.63, 3.8) is 0 Å². The van der Waals surface area contributed by atoms with E-state index >= 15 is 0 Å². The molecule has 0 atom stereocenters. The van der Waals surface area contributed by atoms with Crippen molar-refractivity contribution in [3.05, 3.63) is 58.6 Å². The average Bonchev–Trinajstić information content (AvgIpc) is 2.74. The standard InChI is InChI=1S/C15H14BrN3O/c1-10-2-5-12(6-3-10)20-9-14-18-15(16)13-7-4-11(17)8-19(13)14/h2-8H,9,17H2,1H3. The minimum Gasteiger partial charge on any atom is -0.486 e. The van der Waals surface area contributed by atoms with Crippen molar-refractivity contribution < 1.29 is 4.74 Å². The number of benzene rings is 1. The van der Waals surface area contributed by atoms with E-state index in [4.69, 9.17) is 10.5 Å². The molecule has 0 radical (unpaired) electrons. The van der Waals surface area contributed by atoms with Gasteiger partial charge in [-0.2, -0.15) is 0 Å². The minimum absolute atomic E-state index is 0.388. The number of imidazole rings is 1. The Morgan fingerprint density at radius 3 is 2.70 bits per heavy atom. The van der Waals surface area contributed by atoms with Gasteiger partial charge in [-0.1, -0.05) is 17.7 Å². The summed E-state index contributed by atoms with van der Waals surface area (Å²) in [5.41, 5.74) is 8.70. The summed E-state index contributed by atoms with van der Waals surface area (Å²) in [6.45, 7) is 2.44. The highest BCUT2D eigenvalue weighted by Crippen LogP contribution is 2.21. The van der Waals surface area contributed by atoms with Gasteiger partial charge in [0.05, 0.1) is 5.52 Å². The summed E-state index contributed by atoms with van der Waals surface area (Å²) in [4.78, 5) is 4.46. The van der Waals surface area contributed by atoms with Crippen LogP contribution >= 0.6 is 15.9 Å². The molecule has 4 nitrogen and oxygen atoms in total. The largest absolute Gasteiger partial charge is 0.486 e. The van der Waals surface area contributed by atoms with E-state index in [9.17, 15) is 0 Å². The fourth-order valence-electron chi connectivity index (χ4n) is 2.01. The van der Waals surface area contributed by atoms with Crippen molar-refractivity contribution in [3.8, 4) is 5.75 Å². The van der Waals surface area contributed by atoms with Crippen molar-refractivity contribution in [1.82, 2.24) is 9.38 Å². The van der Waals surface area contributed by atoms with Crippen LogP contribution in [0.1, 0.15) is 11.4 Å².